The van der Waals surface area contributed by atoms with Gasteiger partial charge in [0.1, 0.15) is 10.8 Å². The predicted octanol–water partition coefficient (Wildman–Crippen LogP) is 1.16. The first-order valence-electron chi connectivity index (χ1n) is 10.2. The van der Waals surface area contributed by atoms with E-state index in [1.807, 2.05) is 42.3 Å². The fraction of sp³-hybridized carbons (Fsp3) is 0.429. The van der Waals surface area contributed by atoms with Crippen LogP contribution in [0.3, 0.4) is 0 Å². The lowest BCUT2D eigenvalue weighted by Crippen LogP contribution is -2.56. The Morgan fingerprint density at radius 1 is 1.42 bits per heavy atom. The standard InChI is InChI=1S/C21H26N6O3S/c1-14-25-27-13-16(24-21(27)31-14)6-7-22-19(28)11-18-20(29)23-8-9-26(18)12-15-4-3-5-17(10-15)30-2/h3-5,10,13,18H,6-9,11-12H2,1-2H3,(H,22,28)(H,23,29). The topological polar surface area (TPSA) is 101 Å². The molecule has 1 unspecified atom stereocenters. The summed E-state index contributed by atoms with van der Waals surface area (Å²) in [4.78, 5) is 32.4. The smallest absolute Gasteiger partial charge is 0.237 e. The van der Waals surface area contributed by atoms with Gasteiger partial charge in [-0.25, -0.2) is 9.50 Å². The Bertz CT molecular complexity index is 1050. The molecule has 1 fully saturated rings. The molecule has 1 aliphatic rings. The Morgan fingerprint density at radius 3 is 3.10 bits per heavy atom. The van der Waals surface area contributed by atoms with Gasteiger partial charge in [0, 0.05) is 32.6 Å². The van der Waals surface area contributed by atoms with E-state index in [2.05, 4.69) is 20.7 Å². The zero-order valence-corrected chi connectivity index (χ0v) is 18.4. The highest BCUT2D eigenvalue weighted by Crippen LogP contribution is 2.18. The second kappa shape index (κ2) is 9.44. The summed E-state index contributed by atoms with van der Waals surface area (Å²) in [6, 6.07) is 7.27. The second-order valence-electron chi connectivity index (χ2n) is 7.51. The minimum atomic E-state index is -0.495. The molecule has 2 aromatic heterocycles. The van der Waals surface area contributed by atoms with Crippen molar-refractivity contribution in [3.05, 3.63) is 46.7 Å². The molecular weight excluding hydrogens is 416 g/mol. The number of aromatic nitrogens is 3. The second-order valence-corrected chi connectivity index (χ2v) is 8.67. The number of benzene rings is 1. The summed E-state index contributed by atoms with van der Waals surface area (Å²) in [5.41, 5.74) is 1.93. The number of methoxy groups -OCH3 is 1. The number of hydrogen-bond donors (Lipinski definition) is 2. The number of aryl methyl sites for hydroxylation is 1. The fourth-order valence-electron chi connectivity index (χ4n) is 3.72. The maximum atomic E-state index is 12.5. The molecule has 1 aromatic carbocycles. The molecule has 1 aliphatic heterocycles. The van der Waals surface area contributed by atoms with Crippen LogP contribution < -0.4 is 15.4 Å². The molecule has 164 valence electrons. The molecule has 3 heterocycles. The van der Waals surface area contributed by atoms with Crippen LogP contribution in [0.15, 0.2) is 30.5 Å². The maximum Gasteiger partial charge on any atom is 0.237 e. The number of piperazine rings is 1. The maximum absolute atomic E-state index is 12.5. The molecular formula is C21H26N6O3S. The van der Waals surface area contributed by atoms with Gasteiger partial charge < -0.3 is 15.4 Å². The van der Waals surface area contributed by atoms with Crippen LogP contribution in [-0.2, 0) is 22.6 Å². The van der Waals surface area contributed by atoms with Gasteiger partial charge in [-0.1, -0.05) is 23.5 Å². The van der Waals surface area contributed by atoms with Crippen molar-refractivity contribution >= 4 is 28.1 Å². The monoisotopic (exact) mass is 442 g/mol. The highest BCUT2D eigenvalue weighted by Gasteiger charge is 2.31. The van der Waals surface area contributed by atoms with Crippen molar-refractivity contribution in [2.24, 2.45) is 0 Å². The van der Waals surface area contributed by atoms with Crippen molar-refractivity contribution in [1.82, 2.24) is 30.1 Å². The summed E-state index contributed by atoms with van der Waals surface area (Å²) in [5.74, 6) is 0.519. The van der Waals surface area contributed by atoms with E-state index in [9.17, 15) is 9.59 Å². The molecule has 0 saturated carbocycles. The lowest BCUT2D eigenvalue weighted by molar-refractivity contribution is -0.134. The Kier molecular flexibility index (Phi) is 6.47. The third kappa shape index (κ3) is 5.20. The van der Waals surface area contributed by atoms with Gasteiger partial charge in [0.05, 0.1) is 31.5 Å². The van der Waals surface area contributed by atoms with E-state index in [1.54, 1.807) is 11.6 Å². The van der Waals surface area contributed by atoms with Gasteiger partial charge in [0.25, 0.3) is 0 Å². The summed E-state index contributed by atoms with van der Waals surface area (Å²) in [7, 11) is 1.63. The van der Waals surface area contributed by atoms with Crippen molar-refractivity contribution in [3.63, 3.8) is 0 Å². The van der Waals surface area contributed by atoms with Crippen LogP contribution in [-0.4, -0.2) is 64.1 Å². The summed E-state index contributed by atoms with van der Waals surface area (Å²) in [6.45, 7) is 4.26. The Hall–Kier alpha value is -2.98. The number of rotatable bonds is 8. The predicted molar refractivity (Wildman–Crippen MR) is 117 cm³/mol. The van der Waals surface area contributed by atoms with Gasteiger partial charge in [-0.2, -0.15) is 5.10 Å². The molecule has 31 heavy (non-hydrogen) atoms. The molecule has 4 rings (SSSR count). The van der Waals surface area contributed by atoms with Crippen LogP contribution in [0.1, 0.15) is 22.7 Å². The van der Waals surface area contributed by atoms with Gasteiger partial charge in [-0.05, 0) is 24.6 Å². The normalized spacial score (nSPS) is 17.0. The van der Waals surface area contributed by atoms with Crippen LogP contribution in [0.4, 0.5) is 0 Å². The third-order valence-corrected chi connectivity index (χ3v) is 6.08. The minimum Gasteiger partial charge on any atom is -0.497 e. The quantitative estimate of drug-likeness (QED) is 0.543. The number of nitrogens with zero attached hydrogens (tertiary/aromatic N) is 4. The summed E-state index contributed by atoms with van der Waals surface area (Å²) >= 11 is 1.53. The van der Waals surface area contributed by atoms with Crippen molar-refractivity contribution in [3.8, 4) is 5.75 Å². The van der Waals surface area contributed by atoms with Crippen LogP contribution in [0, 0.1) is 6.92 Å². The molecule has 2 amide bonds. The summed E-state index contributed by atoms with van der Waals surface area (Å²) < 4.78 is 7.05. The Labute approximate surface area is 184 Å². The molecule has 2 N–H and O–H groups in total. The van der Waals surface area contributed by atoms with Gasteiger partial charge in [0.15, 0.2) is 0 Å². The molecule has 1 saturated heterocycles. The van der Waals surface area contributed by atoms with E-state index in [0.29, 0.717) is 32.6 Å². The molecule has 0 aliphatic carbocycles. The van der Waals surface area contributed by atoms with Crippen molar-refractivity contribution in [1.29, 1.82) is 0 Å². The highest BCUT2D eigenvalue weighted by atomic mass is 32.1. The number of imidazole rings is 1. The van der Waals surface area contributed by atoms with Gasteiger partial charge in [-0.3, -0.25) is 14.5 Å². The van der Waals surface area contributed by atoms with E-state index in [1.165, 1.54) is 11.3 Å². The van der Waals surface area contributed by atoms with Gasteiger partial charge in [-0.15, -0.1) is 0 Å². The lowest BCUT2D eigenvalue weighted by Gasteiger charge is -2.34. The first-order chi connectivity index (χ1) is 15.0. The summed E-state index contributed by atoms with van der Waals surface area (Å²) in [5, 5.41) is 11.1. The number of carbonyl (C=O) groups is 2. The van der Waals surface area contributed by atoms with E-state index >= 15 is 0 Å². The van der Waals surface area contributed by atoms with Crippen LogP contribution in [0.25, 0.3) is 4.96 Å². The van der Waals surface area contributed by atoms with E-state index in [4.69, 9.17) is 4.74 Å². The van der Waals surface area contributed by atoms with E-state index in [0.717, 1.165) is 27.0 Å². The average molecular weight is 443 g/mol. The van der Waals surface area contributed by atoms with E-state index in [-0.39, 0.29) is 18.2 Å². The number of amides is 2. The first-order valence-corrected chi connectivity index (χ1v) is 11.1. The Morgan fingerprint density at radius 2 is 2.29 bits per heavy atom. The first kappa shape index (κ1) is 21.3. The van der Waals surface area contributed by atoms with Crippen LogP contribution in [0.2, 0.25) is 0 Å². The molecule has 0 radical (unpaired) electrons. The Balaban J connectivity index is 1.31. The van der Waals surface area contributed by atoms with Crippen LogP contribution >= 0.6 is 11.3 Å². The number of hydrogen-bond acceptors (Lipinski definition) is 7. The number of fused-ring (bicyclic) bond motifs is 1. The van der Waals surface area contributed by atoms with Crippen molar-refractivity contribution in [2.45, 2.75) is 32.4 Å². The largest absolute Gasteiger partial charge is 0.497 e. The number of nitrogens with one attached hydrogen (secondary N) is 2. The molecule has 3 aromatic rings. The highest BCUT2D eigenvalue weighted by molar-refractivity contribution is 7.16. The SMILES string of the molecule is COc1cccc(CN2CCNC(=O)C2CC(=O)NCCc2cn3nc(C)sc3n2)c1. The van der Waals surface area contributed by atoms with E-state index < -0.39 is 6.04 Å². The number of ether oxygens (including phenoxy) is 1. The van der Waals surface area contributed by atoms with Crippen molar-refractivity contribution < 1.29 is 14.3 Å². The zero-order valence-electron chi connectivity index (χ0n) is 17.6. The average Bonchev–Trinajstić information content (AvgIpc) is 3.27. The van der Waals surface area contributed by atoms with Crippen LogP contribution in [0.5, 0.6) is 5.75 Å². The minimum absolute atomic E-state index is 0.111. The molecule has 0 spiro atoms. The number of carbonyl (C=O) groups excluding carboxylic acids is 2. The molecule has 1 atom stereocenters. The summed E-state index contributed by atoms with van der Waals surface area (Å²) in [6.07, 6.45) is 2.62. The third-order valence-electron chi connectivity index (χ3n) is 5.24. The van der Waals surface area contributed by atoms with Gasteiger partial charge >= 0.3 is 0 Å². The molecule has 10 heteroatoms. The fourth-order valence-corrected chi connectivity index (χ4v) is 4.46. The van der Waals surface area contributed by atoms with Crippen molar-refractivity contribution in [2.75, 3.05) is 26.7 Å². The van der Waals surface area contributed by atoms with Gasteiger partial charge in [0.2, 0.25) is 16.8 Å². The lowest BCUT2D eigenvalue weighted by atomic mass is 10.1. The molecule has 0 bridgehead atoms. The zero-order chi connectivity index (χ0) is 21.8. The molecule has 9 nitrogen and oxygen atoms in total.